The molecule has 1 amide bonds. The maximum absolute atomic E-state index is 12.1. The highest BCUT2D eigenvalue weighted by atomic mass is 16.4. The number of carboxylic acids is 1. The Hall–Kier alpha value is -2.89. The predicted molar refractivity (Wildman–Crippen MR) is 74.7 cm³/mol. The zero-order valence-corrected chi connectivity index (χ0v) is 10.8. The van der Waals surface area contributed by atoms with E-state index in [-0.39, 0.29) is 11.3 Å². The van der Waals surface area contributed by atoms with E-state index in [9.17, 15) is 9.59 Å². The van der Waals surface area contributed by atoms with Gasteiger partial charge in [-0.2, -0.15) is 0 Å². The number of aromatic carboxylic acids is 1. The van der Waals surface area contributed by atoms with Gasteiger partial charge in [-0.05, 0) is 37.3 Å². The third-order valence-corrected chi connectivity index (χ3v) is 2.77. The van der Waals surface area contributed by atoms with E-state index < -0.39 is 11.9 Å². The van der Waals surface area contributed by atoms with Gasteiger partial charge < -0.3 is 16.2 Å². The van der Waals surface area contributed by atoms with E-state index in [1.165, 1.54) is 18.2 Å². The zero-order chi connectivity index (χ0) is 14.7. The second-order valence-corrected chi connectivity index (χ2v) is 4.20. The molecular weight excluding hydrogens is 258 g/mol. The Morgan fingerprint density at radius 3 is 2.65 bits per heavy atom. The average Bonchev–Trinajstić information content (AvgIpc) is 2.38. The molecule has 6 nitrogen and oxygen atoms in total. The topological polar surface area (TPSA) is 105 Å². The van der Waals surface area contributed by atoms with E-state index in [0.29, 0.717) is 16.9 Å². The van der Waals surface area contributed by atoms with Gasteiger partial charge in [0.15, 0.2) is 0 Å². The summed E-state index contributed by atoms with van der Waals surface area (Å²) in [5, 5.41) is 11.6. The van der Waals surface area contributed by atoms with E-state index in [1.54, 1.807) is 25.3 Å². The molecule has 20 heavy (non-hydrogen) atoms. The van der Waals surface area contributed by atoms with Crippen LogP contribution in [0.2, 0.25) is 0 Å². The van der Waals surface area contributed by atoms with Gasteiger partial charge >= 0.3 is 5.97 Å². The van der Waals surface area contributed by atoms with Crippen LogP contribution in [0.1, 0.15) is 26.4 Å². The molecule has 0 atom stereocenters. The number of aryl methyl sites for hydroxylation is 1. The first kappa shape index (κ1) is 13.5. The number of nitrogens with one attached hydrogen (secondary N) is 1. The Bertz CT molecular complexity index is 683. The Balaban J connectivity index is 2.35. The lowest BCUT2D eigenvalue weighted by Gasteiger charge is -2.10. The van der Waals surface area contributed by atoms with Gasteiger partial charge in [-0.3, -0.25) is 9.78 Å². The lowest BCUT2D eigenvalue weighted by molar-refractivity contribution is 0.0698. The van der Waals surface area contributed by atoms with Gasteiger partial charge in [0.05, 0.1) is 16.8 Å². The fourth-order valence-electron chi connectivity index (χ4n) is 1.77. The number of carbonyl (C=O) groups is 2. The van der Waals surface area contributed by atoms with Crippen LogP contribution in [0.4, 0.5) is 11.4 Å². The second kappa shape index (κ2) is 5.40. The van der Waals surface area contributed by atoms with Crippen LogP contribution in [0.5, 0.6) is 0 Å². The van der Waals surface area contributed by atoms with Crippen LogP contribution in [0.25, 0.3) is 0 Å². The zero-order valence-electron chi connectivity index (χ0n) is 10.8. The average molecular weight is 271 g/mol. The van der Waals surface area contributed by atoms with E-state index in [2.05, 4.69) is 10.3 Å². The van der Waals surface area contributed by atoms with Crippen molar-refractivity contribution in [1.82, 2.24) is 4.98 Å². The first-order valence-electron chi connectivity index (χ1n) is 5.85. The number of aromatic nitrogens is 1. The fraction of sp³-hybridized carbons (Fsp3) is 0.0714. The summed E-state index contributed by atoms with van der Waals surface area (Å²) in [7, 11) is 0. The molecular formula is C14H13N3O3. The molecule has 1 heterocycles. The first-order valence-corrected chi connectivity index (χ1v) is 5.85. The van der Waals surface area contributed by atoms with Gasteiger partial charge in [0.1, 0.15) is 0 Å². The third-order valence-electron chi connectivity index (χ3n) is 2.77. The normalized spacial score (nSPS) is 10.1. The fourth-order valence-corrected chi connectivity index (χ4v) is 1.77. The van der Waals surface area contributed by atoms with Gasteiger partial charge in [-0.15, -0.1) is 0 Å². The van der Waals surface area contributed by atoms with Gasteiger partial charge in [0.2, 0.25) is 0 Å². The van der Waals surface area contributed by atoms with Crippen LogP contribution in [-0.4, -0.2) is 22.0 Å². The lowest BCUT2D eigenvalue weighted by atomic mass is 10.1. The molecule has 0 aliphatic carbocycles. The highest BCUT2D eigenvalue weighted by Crippen LogP contribution is 2.20. The van der Waals surface area contributed by atoms with E-state index in [4.69, 9.17) is 10.8 Å². The van der Waals surface area contributed by atoms with Crippen molar-refractivity contribution < 1.29 is 14.7 Å². The van der Waals surface area contributed by atoms with Crippen molar-refractivity contribution in [1.29, 1.82) is 0 Å². The number of rotatable bonds is 3. The summed E-state index contributed by atoms with van der Waals surface area (Å²) in [6.45, 7) is 1.70. The molecule has 0 unspecified atom stereocenters. The molecule has 4 N–H and O–H groups in total. The molecule has 0 radical (unpaired) electrons. The molecule has 0 spiro atoms. The maximum atomic E-state index is 12.1. The minimum absolute atomic E-state index is 0.0194. The molecule has 0 saturated heterocycles. The van der Waals surface area contributed by atoms with Gasteiger partial charge in [0, 0.05) is 17.6 Å². The van der Waals surface area contributed by atoms with E-state index >= 15 is 0 Å². The molecule has 2 aromatic rings. The number of anilines is 2. The summed E-state index contributed by atoms with van der Waals surface area (Å²) in [6, 6.07) is 7.48. The largest absolute Gasteiger partial charge is 0.478 e. The number of carboxylic acid groups (broad SMARTS) is 1. The number of hydrogen-bond acceptors (Lipinski definition) is 4. The number of nitrogen functional groups attached to an aromatic ring is 1. The molecule has 2 rings (SSSR count). The van der Waals surface area contributed by atoms with Crippen LogP contribution >= 0.6 is 0 Å². The number of nitrogens with zero attached hydrogens (tertiary/aromatic N) is 1. The number of nitrogens with two attached hydrogens (primary N) is 1. The first-order chi connectivity index (χ1) is 9.49. The minimum atomic E-state index is -1.14. The molecule has 6 heteroatoms. The van der Waals surface area contributed by atoms with Crippen LogP contribution in [0.3, 0.4) is 0 Å². The molecule has 0 bridgehead atoms. The van der Waals surface area contributed by atoms with E-state index in [0.717, 1.165) is 0 Å². The van der Waals surface area contributed by atoms with E-state index in [1.807, 2.05) is 0 Å². The summed E-state index contributed by atoms with van der Waals surface area (Å²) in [6.07, 6.45) is 1.58. The quantitative estimate of drug-likeness (QED) is 0.739. The smallest absolute Gasteiger partial charge is 0.337 e. The Morgan fingerprint density at radius 2 is 2.00 bits per heavy atom. The lowest BCUT2D eigenvalue weighted by Crippen LogP contribution is -2.16. The van der Waals surface area contributed by atoms with Crippen LogP contribution < -0.4 is 11.1 Å². The van der Waals surface area contributed by atoms with Crippen molar-refractivity contribution in [3.8, 4) is 0 Å². The van der Waals surface area contributed by atoms with Crippen molar-refractivity contribution >= 4 is 23.3 Å². The Labute approximate surface area is 115 Å². The number of hydrogen-bond donors (Lipinski definition) is 3. The molecule has 0 aliphatic rings. The Kier molecular flexibility index (Phi) is 3.65. The Morgan fingerprint density at radius 1 is 1.25 bits per heavy atom. The molecule has 1 aromatic heterocycles. The minimum Gasteiger partial charge on any atom is -0.478 e. The second-order valence-electron chi connectivity index (χ2n) is 4.20. The van der Waals surface area contributed by atoms with Crippen LogP contribution in [0.15, 0.2) is 36.5 Å². The number of pyridine rings is 1. The molecule has 0 aliphatic heterocycles. The molecule has 0 saturated carbocycles. The van der Waals surface area contributed by atoms with Crippen molar-refractivity contribution in [2.75, 3.05) is 11.1 Å². The van der Waals surface area contributed by atoms with Crippen LogP contribution in [-0.2, 0) is 0 Å². The SMILES string of the molecule is Cc1ncccc1C(=O)Nc1cc(N)ccc1C(=O)O. The summed E-state index contributed by atoms with van der Waals surface area (Å²) < 4.78 is 0. The predicted octanol–water partition coefficient (Wildman–Crippen LogP) is 1.92. The maximum Gasteiger partial charge on any atom is 0.337 e. The third kappa shape index (κ3) is 2.74. The number of amides is 1. The van der Waals surface area contributed by atoms with Gasteiger partial charge in [-0.25, -0.2) is 4.79 Å². The highest BCUT2D eigenvalue weighted by molar-refractivity contribution is 6.08. The summed E-state index contributed by atoms with van der Waals surface area (Å²) in [5.74, 6) is -1.56. The summed E-state index contributed by atoms with van der Waals surface area (Å²) in [5.41, 5.74) is 7.06. The van der Waals surface area contributed by atoms with Crippen molar-refractivity contribution in [2.45, 2.75) is 6.92 Å². The number of benzene rings is 1. The molecule has 1 aromatic carbocycles. The highest BCUT2D eigenvalue weighted by Gasteiger charge is 2.15. The molecule has 0 fully saturated rings. The van der Waals surface area contributed by atoms with Crippen LogP contribution in [0, 0.1) is 6.92 Å². The van der Waals surface area contributed by atoms with Crippen molar-refractivity contribution in [3.63, 3.8) is 0 Å². The monoisotopic (exact) mass is 271 g/mol. The summed E-state index contributed by atoms with van der Waals surface area (Å²) >= 11 is 0. The van der Waals surface area contributed by atoms with Gasteiger partial charge in [0.25, 0.3) is 5.91 Å². The van der Waals surface area contributed by atoms with Crippen molar-refractivity contribution in [2.24, 2.45) is 0 Å². The standard InChI is InChI=1S/C14H13N3O3/c1-8-10(3-2-6-16-8)13(18)17-12-7-9(15)4-5-11(12)14(19)20/h2-7H,15H2,1H3,(H,17,18)(H,19,20). The number of carbonyl (C=O) groups excluding carboxylic acids is 1. The summed E-state index contributed by atoms with van der Waals surface area (Å²) in [4.78, 5) is 27.3. The van der Waals surface area contributed by atoms with Crippen molar-refractivity contribution in [3.05, 3.63) is 53.3 Å². The molecule has 102 valence electrons. The van der Waals surface area contributed by atoms with Gasteiger partial charge in [-0.1, -0.05) is 0 Å².